The Kier molecular flexibility index (Phi) is 7.46. The molecule has 0 atom stereocenters. The molecule has 2 aromatic carbocycles. The van der Waals surface area contributed by atoms with E-state index in [9.17, 15) is 22.8 Å². The van der Waals surface area contributed by atoms with Crippen LogP contribution in [0.5, 0.6) is 0 Å². The van der Waals surface area contributed by atoms with Gasteiger partial charge in [0.05, 0.1) is 23.1 Å². The van der Waals surface area contributed by atoms with Crippen molar-refractivity contribution in [2.45, 2.75) is 11.3 Å². The van der Waals surface area contributed by atoms with E-state index in [0.29, 0.717) is 12.0 Å². The average molecular weight is 420 g/mol. The van der Waals surface area contributed by atoms with E-state index >= 15 is 0 Å². The molecule has 0 aliphatic heterocycles. The lowest BCUT2D eigenvalue weighted by molar-refractivity contribution is -0.124. The second-order valence-corrected chi connectivity index (χ2v) is 7.50. The number of amides is 1. The van der Waals surface area contributed by atoms with Crippen LogP contribution >= 0.6 is 0 Å². The van der Waals surface area contributed by atoms with E-state index in [2.05, 4.69) is 10.1 Å². The van der Waals surface area contributed by atoms with Crippen molar-refractivity contribution < 1.29 is 32.3 Å². The number of primary sulfonamides is 1. The van der Waals surface area contributed by atoms with E-state index < -0.39 is 34.5 Å². The summed E-state index contributed by atoms with van der Waals surface area (Å²) < 4.78 is 31.9. The molecule has 1 amide bonds. The molecule has 9 nitrogen and oxygen atoms in total. The highest BCUT2D eigenvalue weighted by Crippen LogP contribution is 2.09. The van der Waals surface area contributed by atoms with Gasteiger partial charge in [0.25, 0.3) is 5.91 Å². The molecule has 0 saturated heterocycles. The van der Waals surface area contributed by atoms with Gasteiger partial charge >= 0.3 is 11.9 Å². The summed E-state index contributed by atoms with van der Waals surface area (Å²) in [5.74, 6) is -1.70. The molecule has 2 rings (SSSR count). The molecule has 0 fully saturated rings. The fraction of sp³-hybridized carbons (Fsp3) is 0.211. The molecule has 154 valence electrons. The fourth-order valence-corrected chi connectivity index (χ4v) is 2.83. The van der Waals surface area contributed by atoms with Crippen LogP contribution in [0.3, 0.4) is 0 Å². The normalized spacial score (nSPS) is 10.8. The second kappa shape index (κ2) is 9.80. The summed E-state index contributed by atoms with van der Waals surface area (Å²) >= 11 is 0. The van der Waals surface area contributed by atoms with E-state index in [4.69, 9.17) is 9.88 Å². The number of sulfonamides is 1. The smallest absolute Gasteiger partial charge is 0.338 e. The van der Waals surface area contributed by atoms with Gasteiger partial charge in [-0.25, -0.2) is 23.1 Å². The third-order valence-electron chi connectivity index (χ3n) is 3.86. The Morgan fingerprint density at radius 3 is 2.00 bits per heavy atom. The minimum atomic E-state index is -3.74. The summed E-state index contributed by atoms with van der Waals surface area (Å²) in [4.78, 5) is 35.1. The third-order valence-corrected chi connectivity index (χ3v) is 4.79. The van der Waals surface area contributed by atoms with E-state index in [1.807, 2.05) is 0 Å². The average Bonchev–Trinajstić information content (AvgIpc) is 2.71. The second-order valence-electron chi connectivity index (χ2n) is 5.93. The van der Waals surface area contributed by atoms with E-state index in [1.54, 1.807) is 12.1 Å². The molecule has 3 N–H and O–H groups in total. The highest BCUT2D eigenvalue weighted by molar-refractivity contribution is 7.89. The first kappa shape index (κ1) is 22.1. The number of hydrogen-bond donors (Lipinski definition) is 2. The van der Waals surface area contributed by atoms with E-state index in [0.717, 1.165) is 5.56 Å². The van der Waals surface area contributed by atoms with Crippen LogP contribution in [0.25, 0.3) is 0 Å². The van der Waals surface area contributed by atoms with Gasteiger partial charge in [0.15, 0.2) is 6.61 Å². The van der Waals surface area contributed by atoms with Gasteiger partial charge in [0, 0.05) is 6.54 Å². The van der Waals surface area contributed by atoms with Crippen molar-refractivity contribution in [3.05, 3.63) is 65.2 Å². The van der Waals surface area contributed by atoms with Crippen molar-refractivity contribution in [3.8, 4) is 0 Å². The zero-order chi connectivity index (χ0) is 21.4. The Morgan fingerprint density at radius 2 is 1.48 bits per heavy atom. The number of methoxy groups -OCH3 is 1. The summed E-state index contributed by atoms with van der Waals surface area (Å²) in [7, 11) is -2.49. The van der Waals surface area contributed by atoms with Gasteiger partial charge in [-0.2, -0.15) is 0 Å². The Morgan fingerprint density at radius 1 is 0.931 bits per heavy atom. The van der Waals surface area contributed by atoms with Gasteiger partial charge < -0.3 is 14.8 Å². The van der Waals surface area contributed by atoms with Crippen LogP contribution in [0.1, 0.15) is 26.3 Å². The summed E-state index contributed by atoms with van der Waals surface area (Å²) in [6.07, 6.45) is 0.458. The van der Waals surface area contributed by atoms with Crippen LogP contribution in [0.4, 0.5) is 0 Å². The molecule has 2 aromatic rings. The Hall–Kier alpha value is -3.24. The van der Waals surface area contributed by atoms with Gasteiger partial charge in [-0.1, -0.05) is 12.1 Å². The number of nitrogens with one attached hydrogen (secondary N) is 1. The highest BCUT2D eigenvalue weighted by atomic mass is 32.2. The van der Waals surface area contributed by atoms with Crippen molar-refractivity contribution in [1.82, 2.24) is 5.32 Å². The first-order valence-electron chi connectivity index (χ1n) is 8.44. The van der Waals surface area contributed by atoms with Crippen molar-refractivity contribution in [2.24, 2.45) is 5.14 Å². The molecule has 0 aromatic heterocycles. The molecule has 0 saturated carbocycles. The number of nitrogens with two attached hydrogens (primary N) is 1. The fourth-order valence-electron chi connectivity index (χ4n) is 2.32. The number of hydrogen-bond acceptors (Lipinski definition) is 7. The topological polar surface area (TPSA) is 142 Å². The van der Waals surface area contributed by atoms with Crippen molar-refractivity contribution in [3.63, 3.8) is 0 Å². The molecule has 0 unspecified atom stereocenters. The zero-order valence-corrected chi connectivity index (χ0v) is 16.4. The van der Waals surface area contributed by atoms with Crippen molar-refractivity contribution >= 4 is 27.9 Å². The molecular weight excluding hydrogens is 400 g/mol. The molecule has 0 bridgehead atoms. The number of benzene rings is 2. The number of carbonyl (C=O) groups is 3. The molecule has 0 aliphatic carbocycles. The molecule has 0 radical (unpaired) electrons. The molecule has 0 aliphatic rings. The summed E-state index contributed by atoms with van der Waals surface area (Å²) in [5.41, 5.74) is 1.29. The number of carbonyl (C=O) groups excluding carboxylic acids is 3. The first-order chi connectivity index (χ1) is 13.7. The lowest BCUT2D eigenvalue weighted by Gasteiger charge is -2.07. The highest BCUT2D eigenvalue weighted by Gasteiger charge is 2.12. The minimum Gasteiger partial charge on any atom is -0.465 e. The molecule has 0 heterocycles. The SMILES string of the molecule is COC(=O)c1ccc(C(=O)OCC(=O)NCCc2ccc(S(N)(=O)=O)cc2)cc1. The maximum atomic E-state index is 11.9. The van der Waals surface area contributed by atoms with Crippen molar-refractivity contribution in [2.75, 3.05) is 20.3 Å². The van der Waals surface area contributed by atoms with Crippen LogP contribution in [-0.4, -0.2) is 46.5 Å². The molecule has 29 heavy (non-hydrogen) atoms. The van der Waals surface area contributed by atoms with Crippen LogP contribution in [0.15, 0.2) is 53.4 Å². The van der Waals surface area contributed by atoms with Crippen LogP contribution in [-0.2, 0) is 30.7 Å². The Balaban J connectivity index is 1.75. The van der Waals surface area contributed by atoms with Crippen LogP contribution in [0, 0.1) is 0 Å². The Labute approximate surface area is 167 Å². The lowest BCUT2D eigenvalue weighted by Crippen LogP contribution is -2.30. The van der Waals surface area contributed by atoms with Gasteiger partial charge in [-0.3, -0.25) is 4.79 Å². The summed E-state index contributed by atoms with van der Waals surface area (Å²) in [6, 6.07) is 11.6. The third kappa shape index (κ3) is 6.70. The van der Waals surface area contributed by atoms with Crippen LogP contribution < -0.4 is 10.5 Å². The largest absolute Gasteiger partial charge is 0.465 e. The number of rotatable bonds is 8. The maximum Gasteiger partial charge on any atom is 0.338 e. The van der Waals surface area contributed by atoms with E-state index in [1.165, 1.54) is 43.5 Å². The van der Waals surface area contributed by atoms with Gasteiger partial charge in [0.1, 0.15) is 0 Å². The monoisotopic (exact) mass is 420 g/mol. The predicted molar refractivity (Wildman–Crippen MR) is 103 cm³/mol. The zero-order valence-electron chi connectivity index (χ0n) is 15.6. The lowest BCUT2D eigenvalue weighted by atomic mass is 10.1. The van der Waals surface area contributed by atoms with Crippen molar-refractivity contribution in [1.29, 1.82) is 0 Å². The molecular formula is C19H20N2O7S. The minimum absolute atomic E-state index is 0.0109. The van der Waals surface area contributed by atoms with Gasteiger partial charge in [0.2, 0.25) is 10.0 Å². The van der Waals surface area contributed by atoms with E-state index in [-0.39, 0.29) is 17.0 Å². The Bertz CT molecular complexity index is 984. The summed E-state index contributed by atoms with van der Waals surface area (Å²) in [6.45, 7) is -0.180. The first-order valence-corrected chi connectivity index (χ1v) is 9.99. The standard InChI is InChI=1S/C19H20N2O7S/c1-27-18(23)14-4-6-15(7-5-14)19(24)28-12-17(22)21-11-10-13-2-8-16(9-3-13)29(20,25)26/h2-9H,10-12H2,1H3,(H,21,22)(H2,20,25,26). The summed E-state index contributed by atoms with van der Waals surface area (Å²) in [5, 5.41) is 7.62. The van der Waals surface area contributed by atoms with Gasteiger partial charge in [-0.15, -0.1) is 0 Å². The predicted octanol–water partition coefficient (Wildman–Crippen LogP) is 0.636. The van der Waals surface area contributed by atoms with Crippen LogP contribution in [0.2, 0.25) is 0 Å². The van der Waals surface area contributed by atoms with Gasteiger partial charge in [-0.05, 0) is 48.4 Å². The number of ether oxygens (including phenoxy) is 2. The molecule has 0 spiro atoms. The maximum absolute atomic E-state index is 11.9. The quantitative estimate of drug-likeness (QED) is 0.597. The number of esters is 2. The molecule has 10 heteroatoms.